The summed E-state index contributed by atoms with van der Waals surface area (Å²) in [7, 11) is 0. The summed E-state index contributed by atoms with van der Waals surface area (Å²) in [4.78, 5) is 10.2. The number of anilines is 2. The van der Waals surface area contributed by atoms with Crippen molar-refractivity contribution < 1.29 is 0 Å². The predicted octanol–water partition coefficient (Wildman–Crippen LogP) is 8.28. The number of pyridine rings is 2. The summed E-state index contributed by atoms with van der Waals surface area (Å²) in [5.74, 6) is 0. The van der Waals surface area contributed by atoms with Gasteiger partial charge in [-0.1, -0.05) is 72.8 Å². The molecule has 0 bridgehead atoms. The Morgan fingerprint density at radius 3 is 1.85 bits per heavy atom. The van der Waals surface area contributed by atoms with E-state index in [1.54, 1.807) is 0 Å². The summed E-state index contributed by atoms with van der Waals surface area (Å²) in [5.41, 5.74) is 8.01. The van der Waals surface area contributed by atoms with Gasteiger partial charge < -0.3 is 0 Å². The number of fused-ring (bicyclic) bond motifs is 6. The van der Waals surface area contributed by atoms with E-state index in [1.165, 1.54) is 0 Å². The van der Waals surface area contributed by atoms with Gasteiger partial charge in [0.25, 0.3) is 0 Å². The fourth-order valence-electron chi connectivity index (χ4n) is 5.66. The molecule has 0 aliphatic rings. The largest absolute Gasteiger partial charge is 0.292 e. The Balaban J connectivity index is 1.55. The van der Waals surface area contributed by atoms with Crippen LogP contribution in [0.3, 0.4) is 0 Å². The molecule has 0 saturated heterocycles. The highest BCUT2D eigenvalue weighted by Crippen LogP contribution is 2.38. The van der Waals surface area contributed by atoms with Crippen LogP contribution in [0.15, 0.2) is 140 Å². The molecular formula is C34H23N5. The molecule has 0 unspecified atom stereocenters. The molecule has 39 heavy (non-hydrogen) atoms. The normalized spacial score (nSPS) is 11.6. The monoisotopic (exact) mass is 501 g/mol. The van der Waals surface area contributed by atoms with Gasteiger partial charge in [-0.3, -0.25) is 9.55 Å². The van der Waals surface area contributed by atoms with Crippen molar-refractivity contribution >= 4 is 55.4 Å². The summed E-state index contributed by atoms with van der Waals surface area (Å²) in [5, 5.41) is 5.52. The fourth-order valence-corrected chi connectivity index (χ4v) is 5.66. The highest BCUT2D eigenvalue weighted by Gasteiger charge is 2.23. The van der Waals surface area contributed by atoms with Gasteiger partial charge in [-0.25, -0.2) is 14.7 Å². The highest BCUT2D eigenvalue weighted by molar-refractivity contribution is 6.15. The molecule has 0 atom stereocenters. The van der Waals surface area contributed by atoms with Crippen LogP contribution in [0.1, 0.15) is 0 Å². The summed E-state index contributed by atoms with van der Waals surface area (Å²) >= 11 is 0. The Hall–Kier alpha value is -5.42. The van der Waals surface area contributed by atoms with Crippen molar-refractivity contribution in [3.05, 3.63) is 140 Å². The van der Waals surface area contributed by atoms with Crippen LogP contribution in [0, 0.1) is 0 Å². The highest BCUT2D eigenvalue weighted by atomic mass is 15.6. The number of aromatic nitrogens is 4. The van der Waals surface area contributed by atoms with Crippen LogP contribution in [-0.4, -0.2) is 19.2 Å². The van der Waals surface area contributed by atoms with Crippen LogP contribution in [0.4, 0.5) is 11.4 Å². The Morgan fingerprint density at radius 2 is 1.13 bits per heavy atom. The van der Waals surface area contributed by atoms with E-state index in [4.69, 9.17) is 9.97 Å². The van der Waals surface area contributed by atoms with E-state index in [0.717, 1.165) is 61.1 Å². The van der Waals surface area contributed by atoms with Crippen molar-refractivity contribution in [1.29, 1.82) is 0 Å². The average Bonchev–Trinajstić information content (AvgIpc) is 3.50. The fraction of sp³-hybridized carbons (Fsp3) is 0. The lowest BCUT2D eigenvalue weighted by atomic mass is 10.1. The number of nitrogens with zero attached hydrogens (tertiary/aromatic N) is 5. The second kappa shape index (κ2) is 8.57. The smallest absolute Gasteiger partial charge is 0.162 e. The van der Waals surface area contributed by atoms with Gasteiger partial charge in [-0.2, -0.15) is 0 Å². The van der Waals surface area contributed by atoms with Gasteiger partial charge in [0.15, 0.2) is 5.65 Å². The molecule has 4 aromatic carbocycles. The van der Waals surface area contributed by atoms with Gasteiger partial charge in [-0.15, -0.1) is 0 Å². The maximum absolute atomic E-state index is 5.44. The Labute approximate surface area is 224 Å². The number of para-hydroxylation sites is 4. The van der Waals surface area contributed by atoms with Crippen LogP contribution < -0.4 is 5.01 Å². The summed E-state index contributed by atoms with van der Waals surface area (Å²) in [6.45, 7) is 0. The van der Waals surface area contributed by atoms with E-state index in [0.29, 0.717) is 0 Å². The second-order valence-corrected chi connectivity index (χ2v) is 9.58. The first-order valence-electron chi connectivity index (χ1n) is 13.0. The first kappa shape index (κ1) is 21.6. The molecule has 0 aliphatic heterocycles. The third kappa shape index (κ3) is 3.27. The minimum absolute atomic E-state index is 0.882. The molecule has 0 fully saturated rings. The molecular weight excluding hydrogens is 478 g/mol. The van der Waals surface area contributed by atoms with E-state index in [2.05, 4.69) is 123 Å². The lowest BCUT2D eigenvalue weighted by molar-refractivity contribution is 0.874. The van der Waals surface area contributed by atoms with Gasteiger partial charge in [-0.05, 0) is 60.7 Å². The maximum atomic E-state index is 5.44. The minimum Gasteiger partial charge on any atom is -0.292 e. The Morgan fingerprint density at radius 1 is 0.513 bits per heavy atom. The summed E-state index contributed by atoms with van der Waals surface area (Å²) in [6, 6.07) is 46.2. The van der Waals surface area contributed by atoms with Crippen LogP contribution in [0.5, 0.6) is 0 Å². The molecule has 4 aromatic heterocycles. The van der Waals surface area contributed by atoms with Gasteiger partial charge in [0.1, 0.15) is 5.65 Å². The average molecular weight is 502 g/mol. The van der Waals surface area contributed by atoms with Gasteiger partial charge in [0.2, 0.25) is 0 Å². The van der Waals surface area contributed by atoms with Crippen molar-refractivity contribution in [3.8, 4) is 5.69 Å². The van der Waals surface area contributed by atoms with E-state index >= 15 is 0 Å². The zero-order chi connectivity index (χ0) is 25.8. The third-order valence-corrected chi connectivity index (χ3v) is 7.32. The first-order chi connectivity index (χ1) is 19.4. The van der Waals surface area contributed by atoms with E-state index < -0.39 is 0 Å². The van der Waals surface area contributed by atoms with Crippen molar-refractivity contribution in [2.75, 3.05) is 5.01 Å². The molecule has 0 amide bonds. The van der Waals surface area contributed by atoms with E-state index in [1.807, 2.05) is 30.5 Å². The standard InChI is InChI=1S/C34H23N5/c1-4-13-24(14-5-1)37-31-21-12-22-35-32(31)29-23-28-27-19-10-11-20-30(27)39(34(28)36-33(29)37)38(25-15-6-2-7-16-25)26-17-8-3-9-18-26/h1-23H. The molecule has 0 spiro atoms. The number of hydrogen-bond donors (Lipinski definition) is 0. The topological polar surface area (TPSA) is 38.9 Å². The van der Waals surface area contributed by atoms with Crippen molar-refractivity contribution in [3.63, 3.8) is 0 Å². The molecule has 184 valence electrons. The zero-order valence-corrected chi connectivity index (χ0v) is 21.0. The Kier molecular flexibility index (Phi) is 4.76. The van der Waals surface area contributed by atoms with Crippen LogP contribution in [0.25, 0.3) is 49.7 Å². The van der Waals surface area contributed by atoms with Gasteiger partial charge in [0, 0.05) is 28.0 Å². The quantitative estimate of drug-likeness (QED) is 0.244. The van der Waals surface area contributed by atoms with Crippen molar-refractivity contribution in [1.82, 2.24) is 19.2 Å². The van der Waals surface area contributed by atoms with Crippen LogP contribution in [-0.2, 0) is 0 Å². The van der Waals surface area contributed by atoms with Gasteiger partial charge >= 0.3 is 0 Å². The maximum Gasteiger partial charge on any atom is 0.162 e. The molecule has 8 aromatic rings. The molecule has 8 rings (SSSR count). The molecule has 5 nitrogen and oxygen atoms in total. The number of hydrogen-bond acceptors (Lipinski definition) is 3. The molecule has 4 heterocycles. The van der Waals surface area contributed by atoms with Crippen LogP contribution in [0.2, 0.25) is 0 Å². The molecule has 0 aliphatic carbocycles. The van der Waals surface area contributed by atoms with E-state index in [-0.39, 0.29) is 0 Å². The summed E-state index contributed by atoms with van der Waals surface area (Å²) in [6.07, 6.45) is 1.86. The van der Waals surface area contributed by atoms with Gasteiger partial charge in [0.05, 0.1) is 27.9 Å². The Bertz CT molecular complexity index is 2070. The van der Waals surface area contributed by atoms with Crippen molar-refractivity contribution in [2.24, 2.45) is 0 Å². The lowest BCUT2D eigenvalue weighted by Gasteiger charge is -2.27. The summed E-state index contributed by atoms with van der Waals surface area (Å²) < 4.78 is 4.46. The molecule has 0 saturated carbocycles. The molecule has 0 N–H and O–H groups in total. The lowest BCUT2D eigenvalue weighted by Crippen LogP contribution is -2.24. The first-order valence-corrected chi connectivity index (χ1v) is 13.0. The second-order valence-electron chi connectivity index (χ2n) is 9.58. The minimum atomic E-state index is 0.882. The molecule has 5 heteroatoms. The zero-order valence-electron chi connectivity index (χ0n) is 21.0. The third-order valence-electron chi connectivity index (χ3n) is 7.32. The predicted molar refractivity (Wildman–Crippen MR) is 160 cm³/mol. The number of benzene rings is 4. The number of rotatable bonds is 4. The SMILES string of the molecule is c1ccc(N(c2ccccc2)n2c3ccccc3c3cc4c5ncccc5n(-c5ccccc5)c4nc32)cc1. The van der Waals surface area contributed by atoms with Crippen molar-refractivity contribution in [2.45, 2.75) is 0 Å². The molecule has 0 radical (unpaired) electrons. The van der Waals surface area contributed by atoms with Crippen LogP contribution >= 0.6 is 0 Å². The van der Waals surface area contributed by atoms with E-state index in [9.17, 15) is 0 Å².